The quantitative estimate of drug-likeness (QED) is 0.734. The van der Waals surface area contributed by atoms with Crippen LogP contribution in [-0.4, -0.2) is 27.6 Å². The predicted molar refractivity (Wildman–Crippen MR) is 88.4 cm³/mol. The molecule has 1 atom stereocenters. The highest BCUT2D eigenvalue weighted by molar-refractivity contribution is 5.96. The number of carbonyl (C=O) groups excluding carboxylic acids is 1. The van der Waals surface area contributed by atoms with Crippen molar-refractivity contribution in [2.45, 2.75) is 19.3 Å². The molecule has 1 fully saturated rings. The monoisotopic (exact) mass is 338 g/mol. The molecule has 126 valence electrons. The number of benzene rings is 1. The number of pyridine rings is 1. The van der Waals surface area contributed by atoms with Gasteiger partial charge in [0.25, 0.3) is 0 Å². The van der Waals surface area contributed by atoms with Crippen molar-refractivity contribution in [3.05, 3.63) is 59.9 Å². The molecule has 1 aliphatic rings. The Morgan fingerprint density at radius 3 is 2.92 bits per heavy atom. The van der Waals surface area contributed by atoms with E-state index in [0.717, 1.165) is 5.56 Å². The number of anilines is 1. The zero-order valence-electron chi connectivity index (χ0n) is 13.5. The predicted octanol–water partition coefficient (Wildman–Crippen LogP) is 3.10. The zero-order chi connectivity index (χ0) is 17.4. The maximum atomic E-state index is 14.2. The van der Waals surface area contributed by atoms with Crippen LogP contribution in [0.5, 0.6) is 0 Å². The topological polar surface area (TPSA) is 72.1 Å². The van der Waals surface area contributed by atoms with E-state index in [4.69, 9.17) is 4.52 Å². The Balaban J connectivity index is 1.57. The van der Waals surface area contributed by atoms with Crippen molar-refractivity contribution >= 4 is 11.6 Å². The van der Waals surface area contributed by atoms with Gasteiger partial charge in [-0.15, -0.1) is 0 Å². The van der Waals surface area contributed by atoms with E-state index < -0.39 is 5.82 Å². The summed E-state index contributed by atoms with van der Waals surface area (Å²) in [6.45, 7) is 2.11. The number of aromatic nitrogens is 3. The summed E-state index contributed by atoms with van der Waals surface area (Å²) in [6, 6.07) is 10.2. The molecule has 3 aromatic rings. The molecule has 6 nitrogen and oxygen atoms in total. The molecular formula is C18H15FN4O2. The average Bonchev–Trinajstić information content (AvgIpc) is 3.23. The molecule has 1 amide bonds. The average molecular weight is 338 g/mol. The van der Waals surface area contributed by atoms with E-state index >= 15 is 0 Å². The van der Waals surface area contributed by atoms with Crippen molar-refractivity contribution in [3.8, 4) is 11.5 Å². The molecule has 1 unspecified atom stereocenters. The van der Waals surface area contributed by atoms with Crippen LogP contribution in [0.2, 0.25) is 0 Å². The van der Waals surface area contributed by atoms with E-state index in [1.165, 1.54) is 11.0 Å². The molecule has 3 heterocycles. The van der Waals surface area contributed by atoms with Crippen LogP contribution in [0.4, 0.5) is 10.1 Å². The Morgan fingerprint density at radius 2 is 2.16 bits per heavy atom. The lowest BCUT2D eigenvalue weighted by Crippen LogP contribution is -2.25. The number of amides is 1. The van der Waals surface area contributed by atoms with E-state index in [0.29, 0.717) is 24.0 Å². The first-order valence-electron chi connectivity index (χ1n) is 7.93. The highest BCUT2D eigenvalue weighted by Gasteiger charge is 2.36. The molecule has 25 heavy (non-hydrogen) atoms. The van der Waals surface area contributed by atoms with Gasteiger partial charge in [-0.25, -0.2) is 4.39 Å². The third kappa shape index (κ3) is 2.88. The van der Waals surface area contributed by atoms with E-state index in [9.17, 15) is 9.18 Å². The van der Waals surface area contributed by atoms with Crippen molar-refractivity contribution in [2.24, 2.45) is 0 Å². The molecule has 1 aromatic carbocycles. The first-order chi connectivity index (χ1) is 12.1. The molecule has 0 bridgehead atoms. The first kappa shape index (κ1) is 15.4. The van der Waals surface area contributed by atoms with Crippen molar-refractivity contribution in [1.82, 2.24) is 15.1 Å². The molecule has 0 radical (unpaired) electrons. The lowest BCUT2D eigenvalue weighted by molar-refractivity contribution is -0.117. The Labute approximate surface area is 143 Å². The SMILES string of the molecule is Cc1ccc(N2CC(c3nc(-c4ccccn4)no3)CC2=O)c(F)c1. The molecule has 0 spiro atoms. The van der Waals surface area contributed by atoms with Crippen molar-refractivity contribution in [3.63, 3.8) is 0 Å². The van der Waals surface area contributed by atoms with Gasteiger partial charge in [-0.1, -0.05) is 17.3 Å². The minimum absolute atomic E-state index is 0.162. The number of hydrogen-bond donors (Lipinski definition) is 0. The van der Waals surface area contributed by atoms with E-state index in [1.807, 2.05) is 6.07 Å². The van der Waals surface area contributed by atoms with Gasteiger partial charge < -0.3 is 9.42 Å². The largest absolute Gasteiger partial charge is 0.339 e. The fourth-order valence-corrected chi connectivity index (χ4v) is 2.94. The number of carbonyl (C=O) groups is 1. The summed E-state index contributed by atoms with van der Waals surface area (Å²) in [6.07, 6.45) is 1.85. The van der Waals surface area contributed by atoms with Crippen LogP contribution in [0, 0.1) is 12.7 Å². The smallest absolute Gasteiger partial charge is 0.232 e. The van der Waals surface area contributed by atoms with Gasteiger partial charge in [0.2, 0.25) is 17.6 Å². The molecular weight excluding hydrogens is 323 g/mol. The lowest BCUT2D eigenvalue weighted by atomic mass is 10.1. The van der Waals surface area contributed by atoms with Gasteiger partial charge >= 0.3 is 0 Å². The standard InChI is InChI=1S/C18H15FN4O2/c1-11-5-6-15(13(19)8-11)23-10-12(9-16(23)24)18-21-17(22-25-18)14-4-2-3-7-20-14/h2-8,12H,9-10H2,1H3. The van der Waals surface area contributed by atoms with Gasteiger partial charge in [0.15, 0.2) is 0 Å². The summed E-state index contributed by atoms with van der Waals surface area (Å²) in [4.78, 5) is 22.3. The van der Waals surface area contributed by atoms with Crippen molar-refractivity contribution in [1.29, 1.82) is 0 Å². The van der Waals surface area contributed by atoms with Crippen LogP contribution in [0.3, 0.4) is 0 Å². The molecule has 4 rings (SSSR count). The highest BCUT2D eigenvalue weighted by Crippen LogP contribution is 2.33. The molecule has 2 aromatic heterocycles. The fourth-order valence-electron chi connectivity index (χ4n) is 2.94. The number of hydrogen-bond acceptors (Lipinski definition) is 5. The normalized spacial score (nSPS) is 17.3. The lowest BCUT2D eigenvalue weighted by Gasteiger charge is -2.17. The molecule has 1 aliphatic heterocycles. The van der Waals surface area contributed by atoms with Gasteiger partial charge in [-0.3, -0.25) is 9.78 Å². The number of halogens is 1. The molecule has 0 saturated carbocycles. The Bertz CT molecular complexity index is 926. The second-order valence-electron chi connectivity index (χ2n) is 6.03. The number of nitrogens with zero attached hydrogens (tertiary/aromatic N) is 4. The van der Waals surface area contributed by atoms with Crippen molar-refractivity contribution < 1.29 is 13.7 Å². The Hall–Kier alpha value is -3.09. The maximum absolute atomic E-state index is 14.2. The Kier molecular flexibility index (Phi) is 3.76. The van der Waals surface area contributed by atoms with Gasteiger partial charge in [0.1, 0.15) is 11.5 Å². The van der Waals surface area contributed by atoms with Gasteiger partial charge in [0.05, 0.1) is 11.6 Å². The van der Waals surface area contributed by atoms with Crippen LogP contribution < -0.4 is 4.90 Å². The third-order valence-corrected chi connectivity index (χ3v) is 4.20. The molecule has 0 aliphatic carbocycles. The van der Waals surface area contributed by atoms with Gasteiger partial charge in [-0.2, -0.15) is 4.98 Å². The van der Waals surface area contributed by atoms with Gasteiger partial charge in [-0.05, 0) is 36.8 Å². The molecule has 7 heteroatoms. The fraction of sp³-hybridized carbons (Fsp3) is 0.222. The van der Waals surface area contributed by atoms with Crippen LogP contribution in [0.1, 0.15) is 23.8 Å². The summed E-state index contributed by atoms with van der Waals surface area (Å²) in [5.41, 5.74) is 1.69. The van der Waals surface area contributed by atoms with E-state index in [1.54, 1.807) is 37.4 Å². The summed E-state index contributed by atoms with van der Waals surface area (Å²) >= 11 is 0. The summed E-state index contributed by atoms with van der Waals surface area (Å²) in [7, 11) is 0. The van der Waals surface area contributed by atoms with E-state index in [2.05, 4.69) is 15.1 Å². The third-order valence-electron chi connectivity index (χ3n) is 4.20. The minimum Gasteiger partial charge on any atom is -0.339 e. The van der Waals surface area contributed by atoms with Crippen LogP contribution in [-0.2, 0) is 4.79 Å². The zero-order valence-corrected chi connectivity index (χ0v) is 13.5. The highest BCUT2D eigenvalue weighted by atomic mass is 19.1. The summed E-state index contributed by atoms with van der Waals surface area (Å²) in [5, 5.41) is 3.93. The van der Waals surface area contributed by atoms with Crippen LogP contribution in [0.25, 0.3) is 11.5 Å². The van der Waals surface area contributed by atoms with Gasteiger partial charge in [0, 0.05) is 19.2 Å². The second kappa shape index (κ2) is 6.08. The Morgan fingerprint density at radius 1 is 1.28 bits per heavy atom. The first-order valence-corrected chi connectivity index (χ1v) is 7.93. The molecule has 0 N–H and O–H groups in total. The molecule has 1 saturated heterocycles. The minimum atomic E-state index is -0.409. The summed E-state index contributed by atoms with van der Waals surface area (Å²) in [5.74, 6) is -0.0933. The number of aryl methyl sites for hydroxylation is 1. The van der Waals surface area contributed by atoms with E-state index in [-0.39, 0.29) is 23.9 Å². The summed E-state index contributed by atoms with van der Waals surface area (Å²) < 4.78 is 19.5. The maximum Gasteiger partial charge on any atom is 0.232 e. The van der Waals surface area contributed by atoms with Crippen molar-refractivity contribution in [2.75, 3.05) is 11.4 Å². The van der Waals surface area contributed by atoms with Crippen LogP contribution in [0.15, 0.2) is 47.1 Å². The van der Waals surface area contributed by atoms with Crippen LogP contribution >= 0.6 is 0 Å². The second-order valence-corrected chi connectivity index (χ2v) is 6.03. The number of rotatable bonds is 3.